The van der Waals surface area contributed by atoms with Crippen LogP contribution in [0.15, 0.2) is 10.6 Å². The molecule has 1 aliphatic rings. The third-order valence-electron chi connectivity index (χ3n) is 3.15. The van der Waals surface area contributed by atoms with Crippen LogP contribution in [-0.2, 0) is 16.1 Å². The highest BCUT2D eigenvalue weighted by Crippen LogP contribution is 2.24. The van der Waals surface area contributed by atoms with Gasteiger partial charge in [-0.25, -0.2) is 4.79 Å². The Kier molecular flexibility index (Phi) is 4.33. The van der Waals surface area contributed by atoms with E-state index in [1.807, 2.05) is 0 Å². The molecule has 0 radical (unpaired) electrons. The molecule has 1 fully saturated rings. The standard InChI is InChI=1S/C12H17NO5/c1-16-8-3-2-4-9(5-8)17-7-10-6-11(12(14)15)13-18-10/h6,8-9H,2-5,7H2,1H3,(H,14,15). The van der Waals surface area contributed by atoms with Crippen LogP contribution in [0.4, 0.5) is 0 Å². The quantitative estimate of drug-likeness (QED) is 0.864. The number of methoxy groups -OCH3 is 1. The predicted octanol–water partition coefficient (Wildman–Crippen LogP) is 1.85. The topological polar surface area (TPSA) is 81.8 Å². The smallest absolute Gasteiger partial charge is 0.358 e. The number of aromatic nitrogens is 1. The molecule has 1 aromatic rings. The first-order valence-electron chi connectivity index (χ1n) is 6.02. The summed E-state index contributed by atoms with van der Waals surface area (Å²) in [5.41, 5.74) is -0.0907. The summed E-state index contributed by atoms with van der Waals surface area (Å²) >= 11 is 0. The van der Waals surface area contributed by atoms with Gasteiger partial charge in [0.2, 0.25) is 0 Å². The van der Waals surface area contributed by atoms with Crippen LogP contribution in [0.3, 0.4) is 0 Å². The summed E-state index contributed by atoms with van der Waals surface area (Å²) in [5.74, 6) is -0.658. The van der Waals surface area contributed by atoms with E-state index in [1.165, 1.54) is 6.07 Å². The molecule has 1 saturated carbocycles. The van der Waals surface area contributed by atoms with E-state index in [1.54, 1.807) is 7.11 Å². The molecule has 6 heteroatoms. The summed E-state index contributed by atoms with van der Waals surface area (Å²) in [6, 6.07) is 1.39. The number of carboxylic acids is 1. The minimum atomic E-state index is -1.10. The van der Waals surface area contributed by atoms with E-state index in [-0.39, 0.29) is 24.5 Å². The van der Waals surface area contributed by atoms with Crippen LogP contribution < -0.4 is 0 Å². The van der Waals surface area contributed by atoms with E-state index in [0.29, 0.717) is 5.76 Å². The lowest BCUT2D eigenvalue weighted by Gasteiger charge is -2.27. The molecule has 0 aromatic carbocycles. The summed E-state index contributed by atoms with van der Waals surface area (Å²) in [5, 5.41) is 12.1. The van der Waals surface area contributed by atoms with Crippen molar-refractivity contribution in [2.75, 3.05) is 7.11 Å². The molecule has 1 aliphatic carbocycles. The summed E-state index contributed by atoms with van der Waals surface area (Å²) < 4.78 is 15.9. The Hall–Kier alpha value is -1.40. The van der Waals surface area contributed by atoms with Gasteiger partial charge in [0.1, 0.15) is 6.61 Å². The summed E-state index contributed by atoms with van der Waals surface area (Å²) in [6.07, 6.45) is 4.42. The fourth-order valence-electron chi connectivity index (χ4n) is 2.15. The molecular weight excluding hydrogens is 238 g/mol. The average molecular weight is 255 g/mol. The second-order valence-electron chi connectivity index (χ2n) is 4.44. The number of hydrogen-bond acceptors (Lipinski definition) is 5. The van der Waals surface area contributed by atoms with E-state index < -0.39 is 5.97 Å². The molecule has 1 heterocycles. The number of carbonyl (C=O) groups is 1. The van der Waals surface area contributed by atoms with Gasteiger partial charge in [0.15, 0.2) is 11.5 Å². The minimum Gasteiger partial charge on any atom is -0.476 e. The van der Waals surface area contributed by atoms with Crippen molar-refractivity contribution in [2.24, 2.45) is 0 Å². The third-order valence-corrected chi connectivity index (χ3v) is 3.15. The van der Waals surface area contributed by atoms with Crippen molar-refractivity contribution < 1.29 is 23.9 Å². The van der Waals surface area contributed by atoms with Gasteiger partial charge in [0.05, 0.1) is 12.2 Å². The maximum atomic E-state index is 10.6. The third kappa shape index (κ3) is 3.30. The molecule has 0 amide bonds. The average Bonchev–Trinajstić information content (AvgIpc) is 2.85. The maximum Gasteiger partial charge on any atom is 0.358 e. The van der Waals surface area contributed by atoms with E-state index in [2.05, 4.69) is 5.16 Å². The van der Waals surface area contributed by atoms with Crippen LogP contribution in [0.5, 0.6) is 0 Å². The first-order chi connectivity index (χ1) is 8.69. The lowest BCUT2D eigenvalue weighted by molar-refractivity contribution is -0.0415. The lowest BCUT2D eigenvalue weighted by Crippen LogP contribution is -2.27. The van der Waals surface area contributed by atoms with Crippen molar-refractivity contribution in [2.45, 2.75) is 44.5 Å². The molecule has 2 unspecified atom stereocenters. The SMILES string of the molecule is COC1CCCC(OCc2cc(C(=O)O)no2)C1. The second kappa shape index (κ2) is 5.97. The summed E-state index contributed by atoms with van der Waals surface area (Å²) in [4.78, 5) is 10.6. The van der Waals surface area contributed by atoms with Crippen LogP contribution >= 0.6 is 0 Å². The molecular formula is C12H17NO5. The number of nitrogens with zero attached hydrogens (tertiary/aromatic N) is 1. The van der Waals surface area contributed by atoms with Crippen molar-refractivity contribution in [3.05, 3.63) is 17.5 Å². The van der Waals surface area contributed by atoms with Crippen LogP contribution in [0.1, 0.15) is 41.9 Å². The van der Waals surface area contributed by atoms with Gasteiger partial charge in [-0.1, -0.05) is 5.16 Å². The number of carboxylic acid groups (broad SMARTS) is 1. The highest BCUT2D eigenvalue weighted by Gasteiger charge is 2.22. The molecule has 1 N–H and O–H groups in total. The molecule has 2 rings (SSSR count). The van der Waals surface area contributed by atoms with E-state index in [4.69, 9.17) is 19.1 Å². The molecule has 6 nitrogen and oxygen atoms in total. The molecule has 2 atom stereocenters. The zero-order valence-electron chi connectivity index (χ0n) is 10.3. The van der Waals surface area contributed by atoms with E-state index in [9.17, 15) is 4.79 Å². The van der Waals surface area contributed by atoms with Crippen molar-refractivity contribution in [1.82, 2.24) is 5.16 Å². The van der Waals surface area contributed by atoms with Gasteiger partial charge in [-0.3, -0.25) is 0 Å². The van der Waals surface area contributed by atoms with Gasteiger partial charge >= 0.3 is 5.97 Å². The van der Waals surface area contributed by atoms with Crippen LogP contribution in [0.25, 0.3) is 0 Å². The Bertz CT molecular complexity index is 403. The first-order valence-corrected chi connectivity index (χ1v) is 6.02. The predicted molar refractivity (Wildman–Crippen MR) is 61.3 cm³/mol. The Balaban J connectivity index is 1.81. The van der Waals surface area contributed by atoms with Gasteiger partial charge in [0.25, 0.3) is 0 Å². The summed E-state index contributed by atoms with van der Waals surface area (Å²) in [6.45, 7) is 0.251. The van der Waals surface area contributed by atoms with E-state index in [0.717, 1.165) is 25.7 Å². The van der Waals surface area contributed by atoms with Gasteiger partial charge in [-0.05, 0) is 25.7 Å². The molecule has 0 saturated heterocycles. The van der Waals surface area contributed by atoms with Crippen molar-refractivity contribution >= 4 is 5.97 Å². The summed E-state index contributed by atoms with van der Waals surface area (Å²) in [7, 11) is 1.71. The fraction of sp³-hybridized carbons (Fsp3) is 0.667. The second-order valence-corrected chi connectivity index (χ2v) is 4.44. The molecule has 0 spiro atoms. The van der Waals surface area contributed by atoms with Crippen molar-refractivity contribution in [3.8, 4) is 0 Å². The zero-order valence-corrected chi connectivity index (χ0v) is 10.3. The Morgan fingerprint density at radius 2 is 2.33 bits per heavy atom. The Labute approximate surface area is 105 Å². The minimum absolute atomic E-state index is 0.0907. The van der Waals surface area contributed by atoms with Crippen LogP contribution in [0, 0.1) is 0 Å². The molecule has 0 bridgehead atoms. The van der Waals surface area contributed by atoms with Gasteiger partial charge in [0, 0.05) is 13.2 Å². The number of ether oxygens (including phenoxy) is 2. The highest BCUT2D eigenvalue weighted by molar-refractivity contribution is 5.85. The molecule has 100 valence electrons. The van der Waals surface area contributed by atoms with E-state index >= 15 is 0 Å². The van der Waals surface area contributed by atoms with Crippen molar-refractivity contribution in [1.29, 1.82) is 0 Å². The molecule has 18 heavy (non-hydrogen) atoms. The van der Waals surface area contributed by atoms with Gasteiger partial charge in [-0.15, -0.1) is 0 Å². The highest BCUT2D eigenvalue weighted by atomic mass is 16.5. The zero-order chi connectivity index (χ0) is 13.0. The monoisotopic (exact) mass is 255 g/mol. The maximum absolute atomic E-state index is 10.6. The van der Waals surface area contributed by atoms with Crippen LogP contribution in [0.2, 0.25) is 0 Å². The Morgan fingerprint density at radius 3 is 3.00 bits per heavy atom. The number of hydrogen-bond donors (Lipinski definition) is 1. The lowest BCUT2D eigenvalue weighted by atomic mass is 9.95. The largest absolute Gasteiger partial charge is 0.476 e. The van der Waals surface area contributed by atoms with Crippen LogP contribution in [-0.4, -0.2) is 35.6 Å². The number of rotatable bonds is 5. The van der Waals surface area contributed by atoms with Gasteiger partial charge < -0.3 is 19.1 Å². The first kappa shape index (κ1) is 13.0. The normalized spacial score (nSPS) is 24.1. The number of aromatic carboxylic acids is 1. The van der Waals surface area contributed by atoms with Gasteiger partial charge in [-0.2, -0.15) is 0 Å². The molecule has 1 aromatic heterocycles. The van der Waals surface area contributed by atoms with Crippen molar-refractivity contribution in [3.63, 3.8) is 0 Å². The molecule has 0 aliphatic heterocycles. The Morgan fingerprint density at radius 1 is 1.56 bits per heavy atom. The fourth-order valence-corrected chi connectivity index (χ4v) is 2.15.